The van der Waals surface area contributed by atoms with Crippen molar-refractivity contribution in [3.05, 3.63) is 97.7 Å². The van der Waals surface area contributed by atoms with E-state index in [4.69, 9.17) is 11.6 Å². The van der Waals surface area contributed by atoms with Crippen LogP contribution in [0.15, 0.2) is 64.4 Å². The van der Waals surface area contributed by atoms with Crippen molar-refractivity contribution in [1.29, 1.82) is 5.26 Å². The summed E-state index contributed by atoms with van der Waals surface area (Å²) < 4.78 is 4.48. The molecule has 2 aromatic carbocycles. The van der Waals surface area contributed by atoms with E-state index in [-0.39, 0.29) is 6.54 Å². The van der Waals surface area contributed by atoms with E-state index in [2.05, 4.69) is 16.3 Å². The molecule has 4 heterocycles. The van der Waals surface area contributed by atoms with Gasteiger partial charge in [-0.25, -0.2) is 9.36 Å². The standard InChI is InChI=1S/C25H20ClN7O2/c26-19-7-3-6-16(12-19)21-23(31-13-17-4-1-2-5-18(17)14-31)32(11-9-27)25(35)33(24(21)34)20-8-10-30-15-28-29-22(20)30/h1-7,12,15,20H,8,10-11,13-14H2. The fraction of sp³-hybridized carbons (Fsp3) is 0.240. The van der Waals surface area contributed by atoms with E-state index >= 15 is 0 Å². The number of aromatic nitrogens is 5. The maximum Gasteiger partial charge on any atom is 0.334 e. The zero-order valence-corrected chi connectivity index (χ0v) is 19.4. The monoisotopic (exact) mass is 485 g/mol. The number of halogens is 1. The third-order valence-corrected chi connectivity index (χ3v) is 6.97. The predicted molar refractivity (Wildman–Crippen MR) is 130 cm³/mol. The van der Waals surface area contributed by atoms with Gasteiger partial charge in [-0.3, -0.25) is 9.36 Å². The van der Waals surface area contributed by atoms with Gasteiger partial charge in [0.1, 0.15) is 24.7 Å². The third-order valence-electron chi connectivity index (χ3n) is 6.73. The molecule has 0 aliphatic carbocycles. The van der Waals surface area contributed by atoms with Crippen molar-refractivity contribution in [3.8, 4) is 17.2 Å². The van der Waals surface area contributed by atoms with Gasteiger partial charge in [-0.15, -0.1) is 10.2 Å². The molecule has 10 heteroatoms. The van der Waals surface area contributed by atoms with Gasteiger partial charge < -0.3 is 9.47 Å². The Balaban J connectivity index is 1.65. The van der Waals surface area contributed by atoms with E-state index in [0.29, 0.717) is 53.8 Å². The van der Waals surface area contributed by atoms with Crippen LogP contribution in [-0.2, 0) is 26.2 Å². The number of aryl methyl sites for hydroxylation is 1. The number of nitriles is 1. The lowest BCUT2D eigenvalue weighted by Crippen LogP contribution is -2.45. The molecule has 35 heavy (non-hydrogen) atoms. The van der Waals surface area contributed by atoms with E-state index in [0.717, 1.165) is 11.1 Å². The number of anilines is 1. The molecule has 2 aliphatic rings. The first-order chi connectivity index (χ1) is 17.1. The number of fused-ring (bicyclic) bond motifs is 2. The minimum atomic E-state index is -0.565. The summed E-state index contributed by atoms with van der Waals surface area (Å²) in [5, 5.41) is 18.3. The van der Waals surface area contributed by atoms with Gasteiger partial charge in [0.05, 0.1) is 11.6 Å². The molecular formula is C25H20ClN7O2. The minimum Gasteiger partial charge on any atom is -0.349 e. The van der Waals surface area contributed by atoms with Gasteiger partial charge in [-0.05, 0) is 35.2 Å². The average Bonchev–Trinajstić information content (AvgIpc) is 3.57. The quantitative estimate of drug-likeness (QED) is 0.440. The van der Waals surface area contributed by atoms with Gasteiger partial charge in [-0.2, -0.15) is 5.26 Å². The van der Waals surface area contributed by atoms with Crippen molar-refractivity contribution in [2.45, 2.75) is 38.6 Å². The Morgan fingerprint density at radius 3 is 2.57 bits per heavy atom. The molecule has 0 saturated heterocycles. The molecule has 1 unspecified atom stereocenters. The van der Waals surface area contributed by atoms with Gasteiger partial charge in [0, 0.05) is 24.7 Å². The Morgan fingerprint density at radius 1 is 1.09 bits per heavy atom. The molecule has 2 aliphatic heterocycles. The topological polar surface area (TPSA) is 102 Å². The molecule has 0 N–H and O–H groups in total. The molecule has 4 aromatic rings. The largest absolute Gasteiger partial charge is 0.349 e. The number of nitrogens with zero attached hydrogens (tertiary/aromatic N) is 7. The maximum atomic E-state index is 14.2. The second-order valence-corrected chi connectivity index (χ2v) is 9.16. The normalized spacial score (nSPS) is 16.2. The summed E-state index contributed by atoms with van der Waals surface area (Å²) in [4.78, 5) is 30.0. The molecule has 6 rings (SSSR count). The highest BCUT2D eigenvalue weighted by Gasteiger charge is 2.34. The van der Waals surface area contributed by atoms with E-state index in [1.807, 2.05) is 33.7 Å². The van der Waals surface area contributed by atoms with Gasteiger partial charge >= 0.3 is 5.69 Å². The highest BCUT2D eigenvalue weighted by Crippen LogP contribution is 2.35. The maximum absolute atomic E-state index is 14.2. The zero-order valence-electron chi connectivity index (χ0n) is 18.6. The van der Waals surface area contributed by atoms with Gasteiger partial charge in [0.25, 0.3) is 5.56 Å². The Kier molecular flexibility index (Phi) is 5.04. The zero-order chi connectivity index (χ0) is 24.1. The molecule has 0 saturated carbocycles. The lowest BCUT2D eigenvalue weighted by Gasteiger charge is -2.27. The lowest BCUT2D eigenvalue weighted by molar-refractivity contribution is 0.495. The molecule has 2 aromatic heterocycles. The predicted octanol–water partition coefficient (Wildman–Crippen LogP) is 2.96. The summed E-state index contributed by atoms with van der Waals surface area (Å²) in [5.74, 6) is 0.988. The van der Waals surface area contributed by atoms with Crippen LogP contribution in [0.4, 0.5) is 5.82 Å². The lowest BCUT2D eigenvalue weighted by atomic mass is 10.1. The number of hydrogen-bond acceptors (Lipinski definition) is 6. The summed E-state index contributed by atoms with van der Waals surface area (Å²) in [6.45, 7) is 1.45. The minimum absolute atomic E-state index is 0.200. The molecule has 174 valence electrons. The van der Waals surface area contributed by atoms with Gasteiger partial charge in [0.15, 0.2) is 5.82 Å². The van der Waals surface area contributed by atoms with E-state index in [1.54, 1.807) is 30.6 Å². The van der Waals surface area contributed by atoms with Crippen LogP contribution in [0.3, 0.4) is 0 Å². The van der Waals surface area contributed by atoms with Gasteiger partial charge in [0.2, 0.25) is 0 Å². The molecule has 0 fully saturated rings. The van der Waals surface area contributed by atoms with Crippen molar-refractivity contribution in [3.63, 3.8) is 0 Å². The number of hydrogen-bond donors (Lipinski definition) is 0. The van der Waals surface area contributed by atoms with Crippen LogP contribution >= 0.6 is 11.6 Å². The van der Waals surface area contributed by atoms with Crippen molar-refractivity contribution < 1.29 is 0 Å². The molecule has 0 spiro atoms. The smallest absolute Gasteiger partial charge is 0.334 e. The summed E-state index contributed by atoms with van der Waals surface area (Å²) in [6.07, 6.45) is 2.14. The van der Waals surface area contributed by atoms with Crippen LogP contribution in [0.2, 0.25) is 5.02 Å². The molecule has 0 amide bonds. The molecule has 0 bridgehead atoms. The van der Waals surface area contributed by atoms with Crippen molar-refractivity contribution in [2.75, 3.05) is 4.90 Å². The Hall–Kier alpha value is -4.16. The Morgan fingerprint density at radius 2 is 1.86 bits per heavy atom. The molecule has 9 nitrogen and oxygen atoms in total. The van der Waals surface area contributed by atoms with Crippen LogP contribution in [0.1, 0.15) is 29.4 Å². The van der Waals surface area contributed by atoms with Crippen LogP contribution in [0.25, 0.3) is 11.1 Å². The van der Waals surface area contributed by atoms with Gasteiger partial charge in [-0.1, -0.05) is 48.0 Å². The van der Waals surface area contributed by atoms with Crippen LogP contribution < -0.4 is 16.1 Å². The highest BCUT2D eigenvalue weighted by atomic mass is 35.5. The summed E-state index contributed by atoms with van der Waals surface area (Å²) in [5.41, 5.74) is 2.21. The first kappa shape index (κ1) is 21.4. The highest BCUT2D eigenvalue weighted by molar-refractivity contribution is 6.30. The number of benzene rings is 2. The van der Waals surface area contributed by atoms with Crippen LogP contribution in [-0.4, -0.2) is 23.9 Å². The fourth-order valence-corrected chi connectivity index (χ4v) is 5.37. The van der Waals surface area contributed by atoms with Crippen LogP contribution in [0.5, 0.6) is 0 Å². The summed E-state index contributed by atoms with van der Waals surface area (Å²) in [6, 6.07) is 16.6. The Labute approximate surface area is 205 Å². The molecule has 1 atom stereocenters. The van der Waals surface area contributed by atoms with E-state index in [1.165, 1.54) is 9.13 Å². The first-order valence-electron chi connectivity index (χ1n) is 11.3. The molecule has 0 radical (unpaired) electrons. The van der Waals surface area contributed by atoms with E-state index in [9.17, 15) is 14.9 Å². The number of rotatable bonds is 4. The second-order valence-electron chi connectivity index (χ2n) is 8.72. The van der Waals surface area contributed by atoms with Crippen molar-refractivity contribution >= 4 is 17.4 Å². The first-order valence-corrected chi connectivity index (χ1v) is 11.7. The Bertz CT molecular complexity index is 1600. The summed E-state index contributed by atoms with van der Waals surface area (Å²) >= 11 is 6.32. The second kappa shape index (κ2) is 8.25. The SMILES string of the molecule is N#CCn1c(N2Cc3ccccc3C2)c(-c2cccc(Cl)c2)c(=O)n(C2CCn3cnnc32)c1=O. The third kappa shape index (κ3) is 3.37. The average molecular weight is 486 g/mol. The molecular weight excluding hydrogens is 466 g/mol. The van der Waals surface area contributed by atoms with Crippen molar-refractivity contribution in [2.24, 2.45) is 0 Å². The van der Waals surface area contributed by atoms with Crippen LogP contribution in [0, 0.1) is 11.3 Å². The van der Waals surface area contributed by atoms with Crippen molar-refractivity contribution in [1.82, 2.24) is 23.9 Å². The van der Waals surface area contributed by atoms with E-state index < -0.39 is 17.3 Å². The fourth-order valence-electron chi connectivity index (χ4n) is 5.18. The summed E-state index contributed by atoms with van der Waals surface area (Å²) in [7, 11) is 0.